The van der Waals surface area contributed by atoms with Crippen LogP contribution in [0.1, 0.15) is 47.0 Å². The molecule has 0 radical (unpaired) electrons. The van der Waals surface area contributed by atoms with Gasteiger partial charge in [-0.2, -0.15) is 0 Å². The monoisotopic (exact) mass is 243 g/mol. The topological polar surface area (TPSA) is 40.5 Å². The molecule has 0 spiro atoms. The molecule has 3 heteroatoms. The van der Waals surface area contributed by atoms with Gasteiger partial charge in [0.15, 0.2) is 0 Å². The number of rotatable bonds is 8. The maximum atomic E-state index is 11.9. The van der Waals surface area contributed by atoms with Gasteiger partial charge in [0.2, 0.25) is 5.91 Å². The van der Waals surface area contributed by atoms with E-state index >= 15 is 0 Å². The van der Waals surface area contributed by atoms with Crippen LogP contribution in [0.3, 0.4) is 0 Å². The lowest BCUT2D eigenvalue weighted by Crippen LogP contribution is -2.33. The Morgan fingerprint density at radius 2 is 1.82 bits per heavy atom. The van der Waals surface area contributed by atoms with Crippen molar-refractivity contribution in [2.45, 2.75) is 47.0 Å². The van der Waals surface area contributed by atoms with Crippen molar-refractivity contribution in [3.05, 3.63) is 0 Å². The molecular formula is C14H29NO2. The van der Waals surface area contributed by atoms with Gasteiger partial charge in [0.1, 0.15) is 0 Å². The Morgan fingerprint density at radius 3 is 2.29 bits per heavy atom. The zero-order valence-electron chi connectivity index (χ0n) is 12.1. The van der Waals surface area contributed by atoms with E-state index in [1.165, 1.54) is 0 Å². The quantitative estimate of drug-likeness (QED) is 0.711. The van der Waals surface area contributed by atoms with E-state index in [2.05, 4.69) is 13.8 Å². The Balaban J connectivity index is 3.90. The molecule has 0 aromatic heterocycles. The molecule has 0 saturated heterocycles. The van der Waals surface area contributed by atoms with Crippen molar-refractivity contribution >= 4 is 5.91 Å². The second-order valence-corrected chi connectivity index (χ2v) is 5.49. The molecular weight excluding hydrogens is 214 g/mol. The Labute approximate surface area is 106 Å². The summed E-state index contributed by atoms with van der Waals surface area (Å²) in [5.74, 6) is 1.30. The summed E-state index contributed by atoms with van der Waals surface area (Å²) in [5.41, 5.74) is 0. The van der Waals surface area contributed by atoms with Crippen molar-refractivity contribution in [2.75, 3.05) is 20.2 Å². The first kappa shape index (κ1) is 16.4. The molecule has 0 unspecified atom stereocenters. The van der Waals surface area contributed by atoms with E-state index in [4.69, 9.17) is 5.11 Å². The van der Waals surface area contributed by atoms with Crippen LogP contribution in [-0.4, -0.2) is 36.1 Å². The van der Waals surface area contributed by atoms with Crippen LogP contribution < -0.4 is 0 Å². The first-order chi connectivity index (χ1) is 7.92. The van der Waals surface area contributed by atoms with Crippen molar-refractivity contribution in [3.63, 3.8) is 0 Å². The third-order valence-corrected chi connectivity index (χ3v) is 3.48. The van der Waals surface area contributed by atoms with Gasteiger partial charge in [-0.1, -0.05) is 27.7 Å². The van der Waals surface area contributed by atoms with E-state index in [0.717, 1.165) is 25.8 Å². The van der Waals surface area contributed by atoms with Gasteiger partial charge in [0.05, 0.1) is 0 Å². The van der Waals surface area contributed by atoms with Crippen LogP contribution in [0.15, 0.2) is 0 Å². The number of aliphatic hydroxyl groups excluding tert-OH is 1. The number of nitrogens with zero attached hydrogens (tertiary/aromatic N) is 1. The van der Waals surface area contributed by atoms with Crippen LogP contribution >= 0.6 is 0 Å². The molecule has 102 valence electrons. The summed E-state index contributed by atoms with van der Waals surface area (Å²) in [6.07, 6.45) is 2.95. The van der Waals surface area contributed by atoms with Crippen molar-refractivity contribution in [1.29, 1.82) is 0 Å². The zero-order valence-corrected chi connectivity index (χ0v) is 12.1. The summed E-state index contributed by atoms with van der Waals surface area (Å²) in [7, 11) is 1.89. The Hall–Kier alpha value is -0.570. The second-order valence-electron chi connectivity index (χ2n) is 5.49. The molecule has 1 amide bonds. The summed E-state index contributed by atoms with van der Waals surface area (Å²) < 4.78 is 0. The van der Waals surface area contributed by atoms with E-state index in [9.17, 15) is 4.79 Å². The minimum Gasteiger partial charge on any atom is -0.396 e. The highest BCUT2D eigenvalue weighted by atomic mass is 16.3. The number of aliphatic hydroxyl groups is 1. The Kier molecular flexibility index (Phi) is 8.23. The molecule has 0 rings (SSSR count). The molecule has 0 saturated carbocycles. The minimum atomic E-state index is 0.131. The normalized spacial score (nSPS) is 16.4. The lowest BCUT2D eigenvalue weighted by Gasteiger charge is -2.23. The van der Waals surface area contributed by atoms with E-state index < -0.39 is 0 Å². The smallest absolute Gasteiger partial charge is 0.225 e. The van der Waals surface area contributed by atoms with Crippen LogP contribution in [0.5, 0.6) is 0 Å². The Bertz CT molecular complexity index is 218. The van der Waals surface area contributed by atoms with Gasteiger partial charge < -0.3 is 10.0 Å². The first-order valence-electron chi connectivity index (χ1n) is 6.78. The van der Waals surface area contributed by atoms with Crippen LogP contribution in [0.2, 0.25) is 0 Å². The molecule has 0 fully saturated rings. The Morgan fingerprint density at radius 1 is 1.24 bits per heavy atom. The second kappa shape index (κ2) is 8.51. The summed E-state index contributed by atoms with van der Waals surface area (Å²) >= 11 is 0. The van der Waals surface area contributed by atoms with Crippen molar-refractivity contribution in [3.8, 4) is 0 Å². The lowest BCUT2D eigenvalue weighted by atomic mass is 9.95. The highest BCUT2D eigenvalue weighted by Gasteiger charge is 2.16. The van der Waals surface area contributed by atoms with E-state index in [0.29, 0.717) is 11.8 Å². The van der Waals surface area contributed by atoms with Crippen molar-refractivity contribution < 1.29 is 9.90 Å². The molecule has 0 aromatic carbocycles. The fourth-order valence-electron chi connectivity index (χ4n) is 1.95. The number of carbonyl (C=O) groups excluding carboxylic acids is 1. The van der Waals surface area contributed by atoms with Gasteiger partial charge in [-0.25, -0.2) is 0 Å². The van der Waals surface area contributed by atoms with Gasteiger partial charge in [0.25, 0.3) is 0 Å². The van der Waals surface area contributed by atoms with Gasteiger partial charge in [-0.15, -0.1) is 0 Å². The summed E-state index contributed by atoms with van der Waals surface area (Å²) in [6, 6.07) is 0. The third-order valence-electron chi connectivity index (χ3n) is 3.48. The molecule has 17 heavy (non-hydrogen) atoms. The highest BCUT2D eigenvalue weighted by Crippen LogP contribution is 2.15. The molecule has 3 nitrogen and oxygen atoms in total. The standard InChI is InChI=1S/C14H29NO2/c1-6-13(4)14(17)15(5)8-7-11(2)9-12(3)10-16/h11-13,16H,6-10H2,1-5H3/t11-,12-,13-/m1/s1. The molecule has 1 N–H and O–H groups in total. The SMILES string of the molecule is CC[C@@H](C)C(=O)N(C)CC[C@@H](C)C[C@@H](C)CO. The molecule has 0 heterocycles. The van der Waals surface area contributed by atoms with Gasteiger partial charge >= 0.3 is 0 Å². The van der Waals surface area contributed by atoms with Crippen LogP contribution in [0.4, 0.5) is 0 Å². The zero-order chi connectivity index (χ0) is 13.4. The third kappa shape index (κ3) is 6.67. The predicted octanol–water partition coefficient (Wildman–Crippen LogP) is 2.54. The minimum absolute atomic E-state index is 0.131. The average Bonchev–Trinajstić information content (AvgIpc) is 2.33. The van der Waals surface area contributed by atoms with Crippen LogP contribution in [0, 0.1) is 17.8 Å². The van der Waals surface area contributed by atoms with Gasteiger partial charge in [-0.05, 0) is 31.1 Å². The van der Waals surface area contributed by atoms with Crippen LogP contribution in [-0.2, 0) is 4.79 Å². The highest BCUT2D eigenvalue weighted by molar-refractivity contribution is 5.78. The molecule has 0 bridgehead atoms. The van der Waals surface area contributed by atoms with Crippen LogP contribution in [0.25, 0.3) is 0 Å². The van der Waals surface area contributed by atoms with E-state index in [1.54, 1.807) is 0 Å². The van der Waals surface area contributed by atoms with E-state index in [1.807, 2.05) is 25.8 Å². The molecule has 0 aliphatic heterocycles. The summed E-state index contributed by atoms with van der Waals surface area (Å²) in [4.78, 5) is 13.7. The summed E-state index contributed by atoms with van der Waals surface area (Å²) in [5, 5.41) is 8.99. The van der Waals surface area contributed by atoms with Gasteiger partial charge in [-0.3, -0.25) is 4.79 Å². The molecule has 3 atom stereocenters. The summed E-state index contributed by atoms with van der Waals surface area (Å²) in [6.45, 7) is 9.35. The molecule has 0 aromatic rings. The fourth-order valence-corrected chi connectivity index (χ4v) is 1.95. The van der Waals surface area contributed by atoms with Crippen molar-refractivity contribution in [2.24, 2.45) is 17.8 Å². The number of hydrogen-bond acceptors (Lipinski definition) is 2. The predicted molar refractivity (Wildman–Crippen MR) is 71.7 cm³/mol. The number of amides is 1. The largest absolute Gasteiger partial charge is 0.396 e. The first-order valence-corrected chi connectivity index (χ1v) is 6.78. The van der Waals surface area contributed by atoms with Crippen molar-refractivity contribution in [1.82, 2.24) is 4.90 Å². The fraction of sp³-hybridized carbons (Fsp3) is 0.929. The molecule has 0 aliphatic carbocycles. The maximum absolute atomic E-state index is 11.9. The number of carbonyl (C=O) groups is 1. The molecule has 0 aliphatic rings. The average molecular weight is 243 g/mol. The van der Waals surface area contributed by atoms with Gasteiger partial charge in [0, 0.05) is 26.1 Å². The number of hydrogen-bond donors (Lipinski definition) is 1. The maximum Gasteiger partial charge on any atom is 0.225 e. The van der Waals surface area contributed by atoms with E-state index in [-0.39, 0.29) is 18.4 Å². The lowest BCUT2D eigenvalue weighted by molar-refractivity contribution is -0.133.